The van der Waals surface area contributed by atoms with Gasteiger partial charge in [-0.3, -0.25) is 4.98 Å². The van der Waals surface area contributed by atoms with Crippen LogP contribution in [0.3, 0.4) is 0 Å². The van der Waals surface area contributed by atoms with E-state index in [0.29, 0.717) is 0 Å². The zero-order valence-corrected chi connectivity index (χ0v) is 7.76. The van der Waals surface area contributed by atoms with Gasteiger partial charge in [0.2, 0.25) is 0 Å². The molecule has 2 aromatic heterocycles. The molecule has 2 aromatic rings. The van der Waals surface area contributed by atoms with Crippen LogP contribution in [0.1, 0.15) is 17.0 Å². The van der Waals surface area contributed by atoms with Crippen LogP contribution >= 0.6 is 0 Å². The lowest BCUT2D eigenvalue weighted by Crippen LogP contribution is -1.84. The van der Waals surface area contributed by atoms with E-state index in [4.69, 9.17) is 5.11 Å². The van der Waals surface area contributed by atoms with Crippen molar-refractivity contribution in [3.05, 3.63) is 29.1 Å². The molecule has 2 heterocycles. The van der Waals surface area contributed by atoms with Crippen LogP contribution in [0.5, 0.6) is 0 Å². The minimum absolute atomic E-state index is 0.0366. The first-order valence-corrected chi connectivity index (χ1v) is 4.27. The zero-order chi connectivity index (χ0) is 9.42. The lowest BCUT2D eigenvalue weighted by Gasteiger charge is -1.96. The third-order valence-corrected chi connectivity index (χ3v) is 2.14. The van der Waals surface area contributed by atoms with Gasteiger partial charge in [0.15, 0.2) is 0 Å². The van der Waals surface area contributed by atoms with Gasteiger partial charge < -0.3 is 10.1 Å². The molecule has 0 bridgehead atoms. The van der Waals surface area contributed by atoms with Gasteiger partial charge in [0.25, 0.3) is 0 Å². The van der Waals surface area contributed by atoms with Crippen LogP contribution in [-0.2, 0) is 6.61 Å². The van der Waals surface area contributed by atoms with Crippen molar-refractivity contribution in [2.24, 2.45) is 0 Å². The molecule has 0 saturated carbocycles. The van der Waals surface area contributed by atoms with Crippen molar-refractivity contribution in [3.8, 4) is 0 Å². The maximum absolute atomic E-state index is 8.94. The van der Waals surface area contributed by atoms with Crippen LogP contribution < -0.4 is 0 Å². The highest BCUT2D eigenvalue weighted by Crippen LogP contribution is 2.17. The average Bonchev–Trinajstić information content (AvgIpc) is 2.47. The minimum Gasteiger partial charge on any atom is -0.390 e. The second-order valence-corrected chi connectivity index (χ2v) is 3.29. The largest absolute Gasteiger partial charge is 0.390 e. The number of aliphatic hydroxyl groups excluding tert-OH is 1. The molecule has 0 aliphatic heterocycles. The number of pyridine rings is 1. The van der Waals surface area contributed by atoms with Gasteiger partial charge in [-0.05, 0) is 31.5 Å². The van der Waals surface area contributed by atoms with Gasteiger partial charge in [0.05, 0.1) is 17.6 Å². The third kappa shape index (κ3) is 1.31. The van der Waals surface area contributed by atoms with Gasteiger partial charge >= 0.3 is 0 Å². The molecule has 0 aliphatic rings. The molecule has 0 spiro atoms. The molecule has 0 radical (unpaired) electrons. The third-order valence-electron chi connectivity index (χ3n) is 2.14. The lowest BCUT2D eigenvalue weighted by atomic mass is 10.2. The van der Waals surface area contributed by atoms with Crippen molar-refractivity contribution in [1.29, 1.82) is 0 Å². The molecule has 13 heavy (non-hydrogen) atoms. The normalized spacial score (nSPS) is 11.0. The van der Waals surface area contributed by atoms with E-state index in [-0.39, 0.29) is 6.61 Å². The fourth-order valence-corrected chi connectivity index (χ4v) is 1.58. The maximum Gasteiger partial charge on any atom is 0.0888 e. The van der Waals surface area contributed by atoms with Gasteiger partial charge in [0.1, 0.15) is 0 Å². The Labute approximate surface area is 76.4 Å². The molecule has 3 heteroatoms. The van der Waals surface area contributed by atoms with E-state index in [9.17, 15) is 0 Å². The fraction of sp³-hybridized carbons (Fsp3) is 0.300. The standard InChI is InChI=1S/C10H12N2O/c1-6-3-7(2)11-9-4-8(5-13)12-10(6)9/h3-4,12-13H,5H2,1-2H3. The predicted octanol–water partition coefficient (Wildman–Crippen LogP) is 1.67. The summed E-state index contributed by atoms with van der Waals surface area (Å²) in [4.78, 5) is 7.49. The molecule has 68 valence electrons. The summed E-state index contributed by atoms with van der Waals surface area (Å²) in [5.41, 5.74) is 4.95. The quantitative estimate of drug-likeness (QED) is 0.694. The molecule has 0 saturated heterocycles. The molecular formula is C10H12N2O. The summed E-state index contributed by atoms with van der Waals surface area (Å²) in [6.45, 7) is 4.04. The van der Waals surface area contributed by atoms with Crippen LogP contribution in [0.2, 0.25) is 0 Å². The molecule has 0 aliphatic carbocycles. The number of aliphatic hydroxyl groups is 1. The van der Waals surface area contributed by atoms with Gasteiger partial charge in [-0.2, -0.15) is 0 Å². The van der Waals surface area contributed by atoms with E-state index in [1.165, 1.54) is 5.56 Å². The van der Waals surface area contributed by atoms with Gasteiger partial charge in [-0.15, -0.1) is 0 Å². The van der Waals surface area contributed by atoms with E-state index < -0.39 is 0 Å². The summed E-state index contributed by atoms with van der Waals surface area (Å²) < 4.78 is 0. The zero-order valence-electron chi connectivity index (χ0n) is 7.76. The first-order valence-electron chi connectivity index (χ1n) is 4.27. The summed E-state index contributed by atoms with van der Waals surface area (Å²) in [7, 11) is 0. The van der Waals surface area contributed by atoms with Gasteiger partial charge in [0, 0.05) is 11.4 Å². The number of aromatic amines is 1. The number of rotatable bonds is 1. The molecule has 0 aromatic carbocycles. The van der Waals surface area contributed by atoms with Crippen molar-refractivity contribution in [2.75, 3.05) is 0 Å². The molecule has 2 rings (SSSR count). The number of fused-ring (bicyclic) bond motifs is 1. The van der Waals surface area contributed by atoms with Crippen LogP contribution in [0, 0.1) is 13.8 Å². The Kier molecular flexibility index (Phi) is 1.81. The van der Waals surface area contributed by atoms with E-state index in [1.54, 1.807) is 0 Å². The van der Waals surface area contributed by atoms with Crippen molar-refractivity contribution >= 4 is 11.0 Å². The molecule has 2 N–H and O–H groups in total. The number of aromatic nitrogens is 2. The first-order chi connectivity index (χ1) is 6.20. The monoisotopic (exact) mass is 176 g/mol. The predicted molar refractivity (Wildman–Crippen MR) is 51.5 cm³/mol. The topological polar surface area (TPSA) is 48.9 Å². The summed E-state index contributed by atoms with van der Waals surface area (Å²) >= 11 is 0. The number of nitrogens with zero attached hydrogens (tertiary/aromatic N) is 1. The van der Waals surface area contributed by atoms with Crippen LogP contribution in [0.25, 0.3) is 11.0 Å². The highest BCUT2D eigenvalue weighted by Gasteiger charge is 2.04. The highest BCUT2D eigenvalue weighted by molar-refractivity contribution is 5.79. The SMILES string of the molecule is Cc1cc(C)c2[nH]c(CO)cc2n1. The Bertz CT molecular complexity index is 445. The first kappa shape index (κ1) is 8.26. The van der Waals surface area contributed by atoms with E-state index in [0.717, 1.165) is 22.4 Å². The van der Waals surface area contributed by atoms with E-state index >= 15 is 0 Å². The van der Waals surface area contributed by atoms with Crippen molar-refractivity contribution in [1.82, 2.24) is 9.97 Å². The Morgan fingerprint density at radius 2 is 2.15 bits per heavy atom. The fourth-order valence-electron chi connectivity index (χ4n) is 1.58. The van der Waals surface area contributed by atoms with Crippen molar-refractivity contribution < 1.29 is 5.11 Å². The van der Waals surface area contributed by atoms with Crippen LogP contribution in [-0.4, -0.2) is 15.1 Å². The highest BCUT2D eigenvalue weighted by atomic mass is 16.3. The summed E-state index contributed by atoms with van der Waals surface area (Å²) in [6.07, 6.45) is 0. The number of aryl methyl sites for hydroxylation is 2. The van der Waals surface area contributed by atoms with Gasteiger partial charge in [-0.25, -0.2) is 0 Å². The van der Waals surface area contributed by atoms with Crippen LogP contribution in [0.15, 0.2) is 12.1 Å². The van der Waals surface area contributed by atoms with E-state index in [1.807, 2.05) is 26.0 Å². The Morgan fingerprint density at radius 1 is 1.38 bits per heavy atom. The summed E-state index contributed by atoms with van der Waals surface area (Å²) in [6, 6.07) is 3.91. The number of hydrogen-bond acceptors (Lipinski definition) is 2. The number of nitrogens with one attached hydrogen (secondary N) is 1. The molecule has 3 nitrogen and oxygen atoms in total. The minimum atomic E-state index is 0.0366. The Hall–Kier alpha value is -1.35. The summed E-state index contributed by atoms with van der Waals surface area (Å²) in [5, 5.41) is 8.94. The maximum atomic E-state index is 8.94. The molecular weight excluding hydrogens is 164 g/mol. The van der Waals surface area contributed by atoms with Crippen molar-refractivity contribution in [2.45, 2.75) is 20.5 Å². The molecule has 0 fully saturated rings. The number of hydrogen-bond donors (Lipinski definition) is 2. The van der Waals surface area contributed by atoms with Crippen LogP contribution in [0.4, 0.5) is 0 Å². The van der Waals surface area contributed by atoms with Gasteiger partial charge in [-0.1, -0.05) is 0 Å². The Morgan fingerprint density at radius 3 is 2.85 bits per heavy atom. The average molecular weight is 176 g/mol. The smallest absolute Gasteiger partial charge is 0.0888 e. The lowest BCUT2D eigenvalue weighted by molar-refractivity contribution is 0.278. The number of H-pyrrole nitrogens is 1. The van der Waals surface area contributed by atoms with E-state index in [2.05, 4.69) is 9.97 Å². The molecule has 0 atom stereocenters. The van der Waals surface area contributed by atoms with Crippen molar-refractivity contribution in [3.63, 3.8) is 0 Å². The summed E-state index contributed by atoms with van der Waals surface area (Å²) in [5.74, 6) is 0. The molecule has 0 amide bonds. The second kappa shape index (κ2) is 2.85. The molecule has 0 unspecified atom stereocenters. The Balaban J connectivity index is 2.75. The second-order valence-electron chi connectivity index (χ2n) is 3.29.